The minimum absolute atomic E-state index is 0.232. The Hall–Kier alpha value is -1.87. The smallest absolute Gasteiger partial charge is 0.328 e. The molecule has 1 aromatic carbocycles. The summed E-state index contributed by atoms with van der Waals surface area (Å²) in [5.41, 5.74) is 0.733. The molecular formula is C12H15NO6S2. The molecule has 2 N–H and O–H groups in total. The van der Waals surface area contributed by atoms with Crippen LogP contribution < -0.4 is 4.72 Å². The van der Waals surface area contributed by atoms with Crippen LogP contribution in [0.15, 0.2) is 30.3 Å². The van der Waals surface area contributed by atoms with Gasteiger partial charge in [-0.25, -0.2) is 21.6 Å². The molecule has 0 atom stereocenters. The zero-order valence-electron chi connectivity index (χ0n) is 11.2. The lowest BCUT2D eigenvalue weighted by Gasteiger charge is -2.08. The third-order valence-electron chi connectivity index (χ3n) is 2.30. The number of sulfone groups is 1. The van der Waals surface area contributed by atoms with Crippen molar-refractivity contribution in [3.05, 3.63) is 35.9 Å². The van der Waals surface area contributed by atoms with Gasteiger partial charge in [-0.15, -0.1) is 0 Å². The fraction of sp³-hybridized carbons (Fsp3) is 0.250. The SMILES string of the molecule is CS(=O)(=O)CCS(=O)(=O)Nc1cccc(C=CC(=O)O)c1. The lowest BCUT2D eigenvalue weighted by atomic mass is 10.2. The van der Waals surface area contributed by atoms with Crippen molar-refractivity contribution >= 4 is 37.6 Å². The zero-order chi connectivity index (χ0) is 16.1. The molecule has 0 amide bonds. The minimum atomic E-state index is -3.79. The lowest BCUT2D eigenvalue weighted by Crippen LogP contribution is -2.22. The van der Waals surface area contributed by atoms with Crippen LogP contribution >= 0.6 is 0 Å². The van der Waals surface area contributed by atoms with Gasteiger partial charge < -0.3 is 5.11 Å². The quantitative estimate of drug-likeness (QED) is 0.704. The van der Waals surface area contributed by atoms with E-state index in [0.29, 0.717) is 5.56 Å². The van der Waals surface area contributed by atoms with Gasteiger partial charge in [-0.3, -0.25) is 4.72 Å². The fourth-order valence-corrected chi connectivity index (χ4v) is 4.04. The topological polar surface area (TPSA) is 118 Å². The molecule has 0 aliphatic heterocycles. The van der Waals surface area contributed by atoms with Crippen LogP contribution in [0.25, 0.3) is 6.08 Å². The second kappa shape index (κ2) is 6.72. The Labute approximate surface area is 123 Å². The first-order valence-corrected chi connectivity index (χ1v) is 9.48. The summed E-state index contributed by atoms with van der Waals surface area (Å²) in [6, 6.07) is 6.08. The van der Waals surface area contributed by atoms with Crippen LogP contribution in [0.2, 0.25) is 0 Å². The number of sulfonamides is 1. The summed E-state index contributed by atoms with van der Waals surface area (Å²) in [5.74, 6) is -2.13. The number of hydrogen-bond donors (Lipinski definition) is 2. The highest BCUT2D eigenvalue weighted by molar-refractivity contribution is 7.95. The van der Waals surface area contributed by atoms with E-state index in [-0.39, 0.29) is 5.69 Å². The minimum Gasteiger partial charge on any atom is -0.478 e. The Balaban J connectivity index is 2.83. The van der Waals surface area contributed by atoms with Crippen LogP contribution in [0.1, 0.15) is 5.56 Å². The summed E-state index contributed by atoms with van der Waals surface area (Å²) in [4.78, 5) is 10.4. The van der Waals surface area contributed by atoms with Crippen LogP contribution in [0, 0.1) is 0 Å². The number of nitrogens with one attached hydrogen (secondary N) is 1. The molecular weight excluding hydrogens is 318 g/mol. The monoisotopic (exact) mass is 333 g/mol. The molecule has 0 saturated carbocycles. The molecule has 0 unspecified atom stereocenters. The van der Waals surface area contributed by atoms with Gasteiger partial charge in [0.1, 0.15) is 9.84 Å². The standard InChI is InChI=1S/C12H15NO6S2/c1-20(16,17)7-8-21(18,19)13-11-4-2-3-10(9-11)5-6-12(14)15/h2-6,9,13H,7-8H2,1H3,(H,14,15). The molecule has 0 saturated heterocycles. The van der Waals surface area contributed by atoms with Gasteiger partial charge in [-0.05, 0) is 23.8 Å². The molecule has 21 heavy (non-hydrogen) atoms. The summed E-state index contributed by atoms with van der Waals surface area (Å²) in [5, 5.41) is 8.52. The number of carboxylic acids is 1. The highest BCUT2D eigenvalue weighted by Crippen LogP contribution is 2.14. The van der Waals surface area contributed by atoms with Crippen LogP contribution in [0.5, 0.6) is 0 Å². The van der Waals surface area contributed by atoms with Crippen molar-refractivity contribution in [2.45, 2.75) is 0 Å². The van der Waals surface area contributed by atoms with E-state index in [2.05, 4.69) is 4.72 Å². The molecule has 1 aromatic rings. The van der Waals surface area contributed by atoms with Crippen LogP contribution in [-0.4, -0.2) is 45.7 Å². The van der Waals surface area contributed by atoms with Crippen LogP contribution in [0.4, 0.5) is 5.69 Å². The van der Waals surface area contributed by atoms with E-state index in [0.717, 1.165) is 12.3 Å². The van der Waals surface area contributed by atoms with E-state index in [4.69, 9.17) is 5.11 Å². The Kier molecular flexibility index (Phi) is 5.50. The second-order valence-electron chi connectivity index (χ2n) is 4.35. The maximum Gasteiger partial charge on any atom is 0.328 e. The van der Waals surface area contributed by atoms with Crippen molar-refractivity contribution in [1.82, 2.24) is 0 Å². The maximum absolute atomic E-state index is 11.7. The van der Waals surface area contributed by atoms with Crippen molar-refractivity contribution in [2.75, 3.05) is 22.5 Å². The number of benzene rings is 1. The highest BCUT2D eigenvalue weighted by atomic mass is 32.2. The van der Waals surface area contributed by atoms with Gasteiger partial charge in [-0.2, -0.15) is 0 Å². The van der Waals surface area contributed by atoms with Crippen molar-refractivity contribution in [1.29, 1.82) is 0 Å². The van der Waals surface area contributed by atoms with Gasteiger partial charge >= 0.3 is 5.97 Å². The molecule has 9 heteroatoms. The molecule has 0 fully saturated rings. The first-order valence-electron chi connectivity index (χ1n) is 5.77. The number of rotatable bonds is 7. The van der Waals surface area contributed by atoms with Crippen LogP contribution in [0.3, 0.4) is 0 Å². The molecule has 0 radical (unpaired) electrons. The Morgan fingerprint density at radius 1 is 1.24 bits per heavy atom. The number of carbonyl (C=O) groups is 1. The van der Waals surface area contributed by atoms with Crippen molar-refractivity contribution < 1.29 is 26.7 Å². The molecule has 0 heterocycles. The summed E-state index contributed by atoms with van der Waals surface area (Å²) in [7, 11) is -7.16. The fourth-order valence-electron chi connectivity index (χ4n) is 1.37. The molecule has 0 aliphatic rings. The van der Waals surface area contributed by atoms with Gasteiger partial charge in [0.05, 0.1) is 11.5 Å². The average molecular weight is 333 g/mol. The third-order valence-corrected chi connectivity index (χ3v) is 4.79. The zero-order valence-corrected chi connectivity index (χ0v) is 12.8. The summed E-state index contributed by atoms with van der Waals surface area (Å²) in [6.45, 7) is 0. The Morgan fingerprint density at radius 3 is 2.48 bits per heavy atom. The van der Waals surface area contributed by atoms with E-state index < -0.39 is 37.3 Å². The van der Waals surface area contributed by atoms with Gasteiger partial charge in [-0.1, -0.05) is 12.1 Å². The number of aliphatic carboxylic acids is 1. The van der Waals surface area contributed by atoms with Crippen molar-refractivity contribution in [2.24, 2.45) is 0 Å². The van der Waals surface area contributed by atoms with E-state index in [1.807, 2.05) is 0 Å². The van der Waals surface area contributed by atoms with Crippen molar-refractivity contribution in [3.8, 4) is 0 Å². The van der Waals surface area contributed by atoms with E-state index in [1.54, 1.807) is 12.1 Å². The van der Waals surface area contributed by atoms with E-state index >= 15 is 0 Å². The molecule has 116 valence electrons. The molecule has 1 rings (SSSR count). The number of anilines is 1. The number of carboxylic acid groups (broad SMARTS) is 1. The maximum atomic E-state index is 11.7. The van der Waals surface area contributed by atoms with Gasteiger partial charge in [0.15, 0.2) is 0 Å². The summed E-state index contributed by atoms with van der Waals surface area (Å²) in [6.07, 6.45) is 3.20. The first kappa shape index (κ1) is 17.2. The van der Waals surface area contributed by atoms with Gasteiger partial charge in [0, 0.05) is 18.0 Å². The highest BCUT2D eigenvalue weighted by Gasteiger charge is 2.14. The van der Waals surface area contributed by atoms with E-state index in [9.17, 15) is 21.6 Å². The van der Waals surface area contributed by atoms with E-state index in [1.165, 1.54) is 18.2 Å². The molecule has 0 aromatic heterocycles. The van der Waals surface area contributed by atoms with Gasteiger partial charge in [0.25, 0.3) is 0 Å². The Bertz CT molecular complexity index is 750. The molecule has 0 bridgehead atoms. The summed E-state index contributed by atoms with van der Waals surface area (Å²) < 4.78 is 47.7. The average Bonchev–Trinajstić information content (AvgIpc) is 2.33. The molecule has 7 nitrogen and oxygen atoms in total. The van der Waals surface area contributed by atoms with Gasteiger partial charge in [0.2, 0.25) is 10.0 Å². The first-order chi connectivity index (χ1) is 9.57. The van der Waals surface area contributed by atoms with Crippen molar-refractivity contribution in [3.63, 3.8) is 0 Å². The molecule has 0 spiro atoms. The third kappa shape index (κ3) is 7.47. The predicted octanol–water partition coefficient (Wildman–Crippen LogP) is 0.571. The summed E-state index contributed by atoms with van der Waals surface area (Å²) >= 11 is 0. The number of hydrogen-bond acceptors (Lipinski definition) is 5. The largest absolute Gasteiger partial charge is 0.478 e. The van der Waals surface area contributed by atoms with Crippen LogP contribution in [-0.2, 0) is 24.7 Å². The molecule has 0 aliphatic carbocycles. The normalized spacial score (nSPS) is 12.4. The lowest BCUT2D eigenvalue weighted by molar-refractivity contribution is -0.131. The predicted molar refractivity (Wildman–Crippen MR) is 80.2 cm³/mol. The second-order valence-corrected chi connectivity index (χ2v) is 8.45. The Morgan fingerprint density at radius 2 is 1.90 bits per heavy atom.